The molecule has 0 aliphatic carbocycles. The van der Waals surface area contributed by atoms with Crippen molar-refractivity contribution in [1.82, 2.24) is 23.6 Å². The number of unbranched alkanes of at least 4 members (excludes halogenated alkanes) is 1. The molecule has 1 fully saturated rings. The number of imidazole rings is 1. The molecule has 0 bridgehead atoms. The van der Waals surface area contributed by atoms with E-state index in [0.29, 0.717) is 22.9 Å². The van der Waals surface area contributed by atoms with Gasteiger partial charge in [-0.2, -0.15) is 0 Å². The van der Waals surface area contributed by atoms with E-state index in [1.807, 2.05) is 9.47 Å². The minimum atomic E-state index is -0.397. The Morgan fingerprint density at radius 3 is 2.41 bits per heavy atom. The van der Waals surface area contributed by atoms with Crippen molar-refractivity contribution in [3.05, 3.63) is 20.8 Å². The highest BCUT2D eigenvalue weighted by Crippen LogP contribution is 2.26. The third kappa shape index (κ3) is 4.01. The molecule has 0 spiro atoms. The Kier molecular flexibility index (Phi) is 6.55. The highest BCUT2D eigenvalue weighted by Gasteiger charge is 2.29. The van der Waals surface area contributed by atoms with Crippen molar-refractivity contribution in [3.8, 4) is 0 Å². The molecule has 1 aliphatic heterocycles. The van der Waals surface area contributed by atoms with Gasteiger partial charge in [0.2, 0.25) is 5.91 Å². The first-order valence-electron chi connectivity index (χ1n) is 10.4. The van der Waals surface area contributed by atoms with Crippen LogP contribution in [0.4, 0.5) is 0 Å². The van der Waals surface area contributed by atoms with Crippen LogP contribution in [0.25, 0.3) is 11.2 Å². The highest BCUT2D eigenvalue weighted by molar-refractivity contribution is 7.99. The lowest BCUT2D eigenvalue weighted by Gasteiger charge is -2.39. The number of aryl methyl sites for hydroxylation is 2. The Balaban J connectivity index is 1.95. The Bertz CT molecular complexity index is 1010. The summed E-state index contributed by atoms with van der Waals surface area (Å²) >= 11 is 1.36. The lowest BCUT2D eigenvalue weighted by molar-refractivity contribution is -0.134. The summed E-state index contributed by atoms with van der Waals surface area (Å²) in [6.45, 7) is 6.93. The second-order valence-corrected chi connectivity index (χ2v) is 8.94. The second kappa shape index (κ2) is 8.77. The van der Waals surface area contributed by atoms with E-state index in [2.05, 4.69) is 25.8 Å². The molecule has 0 aromatic carbocycles. The van der Waals surface area contributed by atoms with Gasteiger partial charge in [-0.05, 0) is 39.5 Å². The number of fused-ring (bicyclic) bond motifs is 1. The highest BCUT2D eigenvalue weighted by atomic mass is 32.2. The molecule has 1 aliphatic rings. The number of amides is 1. The summed E-state index contributed by atoms with van der Waals surface area (Å²) in [5, 5.41) is 0.623. The second-order valence-electron chi connectivity index (χ2n) is 8.00. The van der Waals surface area contributed by atoms with E-state index in [1.165, 1.54) is 23.4 Å². The van der Waals surface area contributed by atoms with E-state index in [-0.39, 0.29) is 29.3 Å². The number of piperidine rings is 1. The SMILES string of the molecule is CCCCn1c(SCC(=O)N2[C@@H](C)CCC[C@@H]2C)nc2c1c(=O)n(C)c(=O)n2C. The largest absolute Gasteiger partial charge is 0.337 e. The van der Waals surface area contributed by atoms with Crippen LogP contribution in [0.5, 0.6) is 0 Å². The monoisotopic (exact) mass is 421 g/mol. The molecular weight excluding hydrogens is 390 g/mol. The molecule has 0 N–H and O–H groups in total. The topological polar surface area (TPSA) is 82.1 Å². The number of thioether (sulfide) groups is 1. The number of hydrogen-bond donors (Lipinski definition) is 0. The molecule has 1 amide bonds. The fraction of sp³-hybridized carbons (Fsp3) is 0.700. The molecule has 2 aromatic rings. The molecule has 2 atom stereocenters. The lowest BCUT2D eigenvalue weighted by atomic mass is 9.98. The third-order valence-electron chi connectivity index (χ3n) is 5.85. The van der Waals surface area contributed by atoms with Crippen LogP contribution < -0.4 is 11.2 Å². The van der Waals surface area contributed by atoms with Crippen LogP contribution in [-0.4, -0.2) is 47.3 Å². The van der Waals surface area contributed by atoms with E-state index in [1.54, 1.807) is 7.05 Å². The normalized spacial score (nSPS) is 19.8. The van der Waals surface area contributed by atoms with Crippen LogP contribution in [0.3, 0.4) is 0 Å². The first kappa shape index (κ1) is 21.7. The van der Waals surface area contributed by atoms with Crippen LogP contribution in [-0.2, 0) is 25.4 Å². The van der Waals surface area contributed by atoms with Crippen molar-refractivity contribution < 1.29 is 4.79 Å². The van der Waals surface area contributed by atoms with Gasteiger partial charge in [0.25, 0.3) is 5.56 Å². The fourth-order valence-corrected chi connectivity index (χ4v) is 5.07. The van der Waals surface area contributed by atoms with E-state index in [4.69, 9.17) is 0 Å². The summed E-state index contributed by atoms with van der Waals surface area (Å²) in [5.74, 6) is 0.379. The molecule has 8 nitrogen and oxygen atoms in total. The maximum atomic E-state index is 12.9. The van der Waals surface area contributed by atoms with Gasteiger partial charge in [0.1, 0.15) is 0 Å². The molecule has 1 saturated heterocycles. The molecule has 9 heteroatoms. The molecule has 3 heterocycles. The van der Waals surface area contributed by atoms with Crippen LogP contribution in [0.2, 0.25) is 0 Å². The standard InChI is InChI=1S/C20H31N5O3S/c1-6-7-11-24-16-17(22(4)20(28)23(5)18(16)27)21-19(24)29-12-15(26)25-13(2)9-8-10-14(25)3/h13-14H,6-12H2,1-5H3/t13-,14-/m0/s1. The molecule has 0 saturated carbocycles. The predicted molar refractivity (Wildman–Crippen MR) is 115 cm³/mol. The summed E-state index contributed by atoms with van der Waals surface area (Å²) in [6, 6.07) is 0.498. The number of carbonyl (C=O) groups is 1. The van der Waals surface area contributed by atoms with Crippen LogP contribution in [0.1, 0.15) is 52.9 Å². The smallest absolute Gasteiger partial charge is 0.332 e. The van der Waals surface area contributed by atoms with Crippen molar-refractivity contribution in [2.75, 3.05) is 5.75 Å². The summed E-state index contributed by atoms with van der Waals surface area (Å²) in [5.41, 5.74) is 0.0657. The zero-order chi connectivity index (χ0) is 21.3. The van der Waals surface area contributed by atoms with Crippen molar-refractivity contribution in [1.29, 1.82) is 0 Å². The quantitative estimate of drug-likeness (QED) is 0.667. The van der Waals surface area contributed by atoms with Gasteiger partial charge in [-0.15, -0.1) is 0 Å². The number of hydrogen-bond acceptors (Lipinski definition) is 5. The number of carbonyl (C=O) groups excluding carboxylic acids is 1. The maximum absolute atomic E-state index is 12.9. The molecule has 160 valence electrons. The average Bonchev–Trinajstić information content (AvgIpc) is 3.06. The van der Waals surface area contributed by atoms with Gasteiger partial charge in [-0.25, -0.2) is 9.78 Å². The van der Waals surface area contributed by atoms with Gasteiger partial charge in [0, 0.05) is 32.7 Å². The predicted octanol–water partition coefficient (Wildman–Crippen LogP) is 2.12. The van der Waals surface area contributed by atoms with Gasteiger partial charge in [-0.1, -0.05) is 25.1 Å². The van der Waals surface area contributed by atoms with E-state index in [0.717, 1.165) is 36.7 Å². The van der Waals surface area contributed by atoms with Gasteiger partial charge in [0.05, 0.1) is 5.75 Å². The summed E-state index contributed by atoms with van der Waals surface area (Å²) < 4.78 is 4.39. The summed E-state index contributed by atoms with van der Waals surface area (Å²) in [7, 11) is 3.11. The third-order valence-corrected chi connectivity index (χ3v) is 6.82. The average molecular weight is 422 g/mol. The number of likely N-dealkylation sites (tertiary alicyclic amines) is 1. The zero-order valence-electron chi connectivity index (χ0n) is 18.0. The molecule has 29 heavy (non-hydrogen) atoms. The first-order valence-corrected chi connectivity index (χ1v) is 11.4. The maximum Gasteiger partial charge on any atom is 0.332 e. The molecule has 2 aromatic heterocycles. The molecule has 3 rings (SSSR count). The van der Waals surface area contributed by atoms with Crippen molar-refractivity contribution >= 4 is 28.8 Å². The molecule has 0 unspecified atom stereocenters. The zero-order valence-corrected chi connectivity index (χ0v) is 18.8. The van der Waals surface area contributed by atoms with E-state index < -0.39 is 5.69 Å². The van der Waals surface area contributed by atoms with Crippen LogP contribution in [0.15, 0.2) is 14.7 Å². The van der Waals surface area contributed by atoms with Crippen molar-refractivity contribution in [2.24, 2.45) is 14.1 Å². The van der Waals surface area contributed by atoms with Crippen molar-refractivity contribution in [2.45, 2.75) is 76.7 Å². The minimum Gasteiger partial charge on any atom is -0.337 e. The van der Waals surface area contributed by atoms with Gasteiger partial charge in [0.15, 0.2) is 16.3 Å². The Morgan fingerprint density at radius 2 is 1.79 bits per heavy atom. The van der Waals surface area contributed by atoms with E-state index in [9.17, 15) is 14.4 Å². The number of nitrogens with zero attached hydrogens (tertiary/aromatic N) is 5. The lowest BCUT2D eigenvalue weighted by Crippen LogP contribution is -2.48. The number of aromatic nitrogens is 4. The van der Waals surface area contributed by atoms with Crippen LogP contribution in [0, 0.1) is 0 Å². The van der Waals surface area contributed by atoms with Gasteiger partial charge in [-0.3, -0.25) is 18.7 Å². The van der Waals surface area contributed by atoms with E-state index >= 15 is 0 Å². The first-order chi connectivity index (χ1) is 13.8. The fourth-order valence-electron chi connectivity index (χ4n) is 4.17. The van der Waals surface area contributed by atoms with Gasteiger partial charge < -0.3 is 9.47 Å². The summed E-state index contributed by atoms with van der Waals surface area (Å²) in [6.07, 6.45) is 5.09. The van der Waals surface area contributed by atoms with Crippen molar-refractivity contribution in [3.63, 3.8) is 0 Å². The van der Waals surface area contributed by atoms with Gasteiger partial charge >= 0.3 is 5.69 Å². The van der Waals surface area contributed by atoms with Crippen LogP contribution >= 0.6 is 11.8 Å². The Labute approximate surface area is 174 Å². The Morgan fingerprint density at radius 1 is 1.14 bits per heavy atom. The Hall–Kier alpha value is -2.03. The number of rotatable bonds is 6. The minimum absolute atomic E-state index is 0.102. The summed E-state index contributed by atoms with van der Waals surface area (Å²) in [4.78, 5) is 44.6. The molecular formula is C20H31N5O3S. The molecule has 0 radical (unpaired) electrons.